The summed E-state index contributed by atoms with van der Waals surface area (Å²) >= 11 is 0. The lowest BCUT2D eigenvalue weighted by atomic mass is 10.2. The topological polar surface area (TPSA) is 55.8 Å². The number of ether oxygens (including phenoxy) is 1. The van der Waals surface area contributed by atoms with Crippen molar-refractivity contribution in [2.45, 2.75) is 6.61 Å². The molecule has 1 atom stereocenters. The molecule has 1 aromatic rings. The van der Waals surface area contributed by atoms with Crippen molar-refractivity contribution in [3.8, 4) is 0 Å². The van der Waals surface area contributed by atoms with Crippen molar-refractivity contribution in [1.29, 1.82) is 0 Å². The van der Waals surface area contributed by atoms with E-state index in [0.717, 1.165) is 5.56 Å². The molecule has 0 fully saturated rings. The Morgan fingerprint density at radius 2 is 2.00 bits per heavy atom. The number of hydrogen-bond acceptors (Lipinski definition) is 3. The average molecular weight is 230 g/mol. The van der Waals surface area contributed by atoms with Gasteiger partial charge in [-0.1, -0.05) is 30.3 Å². The molecule has 1 N–H and O–H groups in total. The maximum atomic E-state index is 11.0. The van der Waals surface area contributed by atoms with E-state index in [1.54, 1.807) is 0 Å². The summed E-state index contributed by atoms with van der Waals surface area (Å²) in [5, 5.41) is 0. The Kier molecular flexibility index (Phi) is 4.99. The van der Waals surface area contributed by atoms with Crippen molar-refractivity contribution < 1.29 is 18.7 Å². The molecule has 0 aliphatic heterocycles. The molecule has 15 heavy (non-hydrogen) atoms. The minimum Gasteiger partial charge on any atom is -0.376 e. The van der Waals surface area contributed by atoms with Gasteiger partial charge in [-0.2, -0.15) is 0 Å². The Morgan fingerprint density at radius 1 is 1.33 bits per heavy atom. The van der Waals surface area contributed by atoms with Crippen LogP contribution in [0, 0.1) is 0 Å². The Balaban J connectivity index is 2.21. The minimum atomic E-state index is -3.42. The molecule has 0 saturated carbocycles. The standard InChI is InChI=1S/C10H15O4P/c1-13-15(11,12)8-7-14-9-10-5-3-2-4-6-10/h2-6H,7-9H2,1H3,(H,11,12). The zero-order valence-corrected chi connectivity index (χ0v) is 9.52. The van der Waals surface area contributed by atoms with Crippen molar-refractivity contribution in [2.75, 3.05) is 19.9 Å². The predicted octanol–water partition coefficient (Wildman–Crippen LogP) is 2.04. The molecule has 1 rings (SSSR count). The van der Waals surface area contributed by atoms with Crippen molar-refractivity contribution in [3.05, 3.63) is 35.9 Å². The van der Waals surface area contributed by atoms with E-state index >= 15 is 0 Å². The lowest BCUT2D eigenvalue weighted by molar-refractivity contribution is 0.131. The van der Waals surface area contributed by atoms with Gasteiger partial charge < -0.3 is 14.2 Å². The fourth-order valence-corrected chi connectivity index (χ4v) is 1.58. The molecular formula is C10H15O4P. The Bertz CT molecular complexity index is 325. The maximum absolute atomic E-state index is 11.0. The monoisotopic (exact) mass is 230 g/mol. The Morgan fingerprint density at radius 3 is 2.60 bits per heavy atom. The van der Waals surface area contributed by atoms with E-state index in [9.17, 15) is 4.57 Å². The first-order chi connectivity index (χ1) is 7.14. The van der Waals surface area contributed by atoms with Crippen LogP contribution in [0.15, 0.2) is 30.3 Å². The van der Waals surface area contributed by atoms with Crippen LogP contribution in [0.5, 0.6) is 0 Å². The summed E-state index contributed by atoms with van der Waals surface area (Å²) in [4.78, 5) is 9.07. The van der Waals surface area contributed by atoms with Gasteiger partial charge in [-0.25, -0.2) is 0 Å². The van der Waals surface area contributed by atoms with Crippen LogP contribution in [0.25, 0.3) is 0 Å². The van der Waals surface area contributed by atoms with Gasteiger partial charge >= 0.3 is 7.60 Å². The molecule has 0 bridgehead atoms. The molecule has 0 saturated heterocycles. The molecule has 1 aromatic carbocycles. The maximum Gasteiger partial charge on any atom is 0.330 e. The fraction of sp³-hybridized carbons (Fsp3) is 0.400. The molecule has 1 unspecified atom stereocenters. The summed E-state index contributed by atoms with van der Waals surface area (Å²) in [6, 6.07) is 9.65. The molecule has 84 valence electrons. The minimum absolute atomic E-state index is 0.0241. The Labute approximate surface area is 89.4 Å². The van der Waals surface area contributed by atoms with Crippen LogP contribution in [-0.4, -0.2) is 24.8 Å². The van der Waals surface area contributed by atoms with E-state index < -0.39 is 7.60 Å². The first-order valence-electron chi connectivity index (χ1n) is 4.63. The second-order valence-corrected chi connectivity index (χ2v) is 5.17. The third-order valence-electron chi connectivity index (χ3n) is 1.92. The smallest absolute Gasteiger partial charge is 0.330 e. The second kappa shape index (κ2) is 6.03. The van der Waals surface area contributed by atoms with Crippen LogP contribution in [0.4, 0.5) is 0 Å². The van der Waals surface area contributed by atoms with E-state index in [1.165, 1.54) is 7.11 Å². The highest BCUT2D eigenvalue weighted by molar-refractivity contribution is 7.52. The van der Waals surface area contributed by atoms with E-state index in [0.29, 0.717) is 6.61 Å². The van der Waals surface area contributed by atoms with Crippen LogP contribution < -0.4 is 0 Å². The SMILES string of the molecule is COP(=O)(O)CCOCc1ccccc1. The number of benzene rings is 1. The van der Waals surface area contributed by atoms with Crippen molar-refractivity contribution in [1.82, 2.24) is 0 Å². The van der Waals surface area contributed by atoms with Gasteiger partial charge in [-0.3, -0.25) is 4.57 Å². The third-order valence-corrected chi connectivity index (χ3v) is 3.23. The van der Waals surface area contributed by atoms with E-state index in [4.69, 9.17) is 9.63 Å². The van der Waals surface area contributed by atoms with Gasteiger partial charge in [0.2, 0.25) is 0 Å². The largest absolute Gasteiger partial charge is 0.376 e. The van der Waals surface area contributed by atoms with Crippen LogP contribution in [0.1, 0.15) is 5.56 Å². The van der Waals surface area contributed by atoms with Crippen LogP contribution in [-0.2, 0) is 20.4 Å². The molecule has 0 radical (unpaired) electrons. The molecule has 0 spiro atoms. The molecule has 0 aromatic heterocycles. The second-order valence-electron chi connectivity index (χ2n) is 3.08. The average Bonchev–Trinajstić information content (AvgIpc) is 2.26. The molecule has 0 heterocycles. The third kappa shape index (κ3) is 5.09. The van der Waals surface area contributed by atoms with E-state index in [-0.39, 0.29) is 12.8 Å². The van der Waals surface area contributed by atoms with Crippen LogP contribution in [0.3, 0.4) is 0 Å². The normalized spacial score (nSPS) is 14.8. The summed E-state index contributed by atoms with van der Waals surface area (Å²) in [5.41, 5.74) is 1.04. The summed E-state index contributed by atoms with van der Waals surface area (Å²) in [5.74, 6) is 0. The molecular weight excluding hydrogens is 215 g/mol. The number of hydrogen-bond donors (Lipinski definition) is 1. The fourth-order valence-electron chi connectivity index (χ4n) is 1.04. The van der Waals surface area contributed by atoms with E-state index in [1.807, 2.05) is 30.3 Å². The highest BCUT2D eigenvalue weighted by atomic mass is 31.2. The molecule has 0 amide bonds. The van der Waals surface area contributed by atoms with Gasteiger partial charge in [0, 0.05) is 7.11 Å². The predicted molar refractivity (Wildman–Crippen MR) is 57.8 cm³/mol. The summed E-state index contributed by atoms with van der Waals surface area (Å²) in [7, 11) is -2.20. The first-order valence-corrected chi connectivity index (χ1v) is 6.39. The van der Waals surface area contributed by atoms with Gasteiger partial charge in [0.05, 0.1) is 19.4 Å². The van der Waals surface area contributed by atoms with Gasteiger partial charge in [0.1, 0.15) is 0 Å². The van der Waals surface area contributed by atoms with Crippen molar-refractivity contribution in [2.24, 2.45) is 0 Å². The quantitative estimate of drug-likeness (QED) is 0.600. The zero-order chi connectivity index (χ0) is 11.1. The number of rotatable bonds is 6. The van der Waals surface area contributed by atoms with Gasteiger partial charge in [-0.15, -0.1) is 0 Å². The van der Waals surface area contributed by atoms with Gasteiger partial charge in [-0.05, 0) is 5.56 Å². The van der Waals surface area contributed by atoms with Crippen LogP contribution >= 0.6 is 7.60 Å². The molecule has 0 aliphatic carbocycles. The molecule has 0 aliphatic rings. The first kappa shape index (κ1) is 12.4. The lowest BCUT2D eigenvalue weighted by Gasteiger charge is -2.08. The summed E-state index contributed by atoms with van der Waals surface area (Å²) in [6.07, 6.45) is 0.0241. The van der Waals surface area contributed by atoms with E-state index in [2.05, 4.69) is 4.52 Å². The van der Waals surface area contributed by atoms with Crippen molar-refractivity contribution >= 4 is 7.60 Å². The van der Waals surface area contributed by atoms with Crippen LogP contribution in [0.2, 0.25) is 0 Å². The zero-order valence-electron chi connectivity index (χ0n) is 8.63. The highest BCUT2D eigenvalue weighted by Crippen LogP contribution is 2.39. The highest BCUT2D eigenvalue weighted by Gasteiger charge is 2.15. The lowest BCUT2D eigenvalue weighted by Crippen LogP contribution is -2.02. The van der Waals surface area contributed by atoms with Gasteiger partial charge in [0.25, 0.3) is 0 Å². The molecule has 4 nitrogen and oxygen atoms in total. The van der Waals surface area contributed by atoms with Gasteiger partial charge in [0.15, 0.2) is 0 Å². The Hall–Kier alpha value is -0.670. The molecule has 5 heteroatoms. The summed E-state index contributed by atoms with van der Waals surface area (Å²) in [6.45, 7) is 0.668. The van der Waals surface area contributed by atoms with Crippen molar-refractivity contribution in [3.63, 3.8) is 0 Å². The summed E-state index contributed by atoms with van der Waals surface area (Å²) < 4.78 is 20.7.